The van der Waals surface area contributed by atoms with Crippen molar-refractivity contribution in [2.45, 2.75) is 64.5 Å². The van der Waals surface area contributed by atoms with E-state index >= 15 is 0 Å². The molecule has 1 saturated carbocycles. The fraction of sp³-hybridized carbons (Fsp3) is 0.476. The first-order valence-electron chi connectivity index (χ1n) is 10.1. The number of ether oxygens (including phenoxy) is 1. The highest BCUT2D eigenvalue weighted by molar-refractivity contribution is 7.20. The van der Waals surface area contributed by atoms with E-state index in [1.165, 1.54) is 35.1 Å². The van der Waals surface area contributed by atoms with Gasteiger partial charge >= 0.3 is 0 Å². The summed E-state index contributed by atoms with van der Waals surface area (Å²) in [5, 5.41) is 8.37. The van der Waals surface area contributed by atoms with Crippen LogP contribution in [-0.2, 0) is 13.0 Å². The van der Waals surface area contributed by atoms with Gasteiger partial charge in [0.25, 0.3) is 5.56 Å². The third-order valence-corrected chi connectivity index (χ3v) is 5.87. The fourth-order valence-corrected chi connectivity index (χ4v) is 4.41. The predicted molar refractivity (Wildman–Crippen MR) is 112 cm³/mol. The van der Waals surface area contributed by atoms with Crippen LogP contribution < -0.4 is 15.6 Å². The maximum Gasteiger partial charge on any atom is 0.275 e. The van der Waals surface area contributed by atoms with Crippen LogP contribution in [0.3, 0.4) is 0 Å². The van der Waals surface area contributed by atoms with Crippen molar-refractivity contribution in [3.63, 3.8) is 0 Å². The number of nitrogens with one attached hydrogen (secondary N) is 1. The minimum absolute atomic E-state index is 0.124. The zero-order valence-electron chi connectivity index (χ0n) is 16.2. The van der Waals surface area contributed by atoms with Crippen LogP contribution in [-0.4, -0.2) is 20.7 Å². The Labute approximate surface area is 168 Å². The van der Waals surface area contributed by atoms with E-state index in [0.717, 1.165) is 42.7 Å². The van der Waals surface area contributed by atoms with E-state index < -0.39 is 0 Å². The third kappa shape index (κ3) is 4.52. The van der Waals surface area contributed by atoms with Gasteiger partial charge in [-0.1, -0.05) is 43.2 Å². The van der Waals surface area contributed by atoms with Gasteiger partial charge in [-0.05, 0) is 49.8 Å². The number of nitrogens with zero attached hydrogens (tertiary/aromatic N) is 3. The lowest BCUT2D eigenvalue weighted by atomic mass is 9.98. The molecule has 1 aromatic carbocycles. The molecule has 0 atom stereocenters. The van der Waals surface area contributed by atoms with Crippen molar-refractivity contribution >= 4 is 21.4 Å². The Hall–Kier alpha value is -2.41. The van der Waals surface area contributed by atoms with Crippen molar-refractivity contribution in [3.8, 4) is 5.75 Å². The second-order valence-corrected chi connectivity index (χ2v) is 8.27. The average Bonchev–Trinajstić information content (AvgIpc) is 3.11. The van der Waals surface area contributed by atoms with Crippen molar-refractivity contribution in [1.82, 2.24) is 14.6 Å². The van der Waals surface area contributed by atoms with Gasteiger partial charge in [0, 0.05) is 18.3 Å². The maximum absolute atomic E-state index is 12.2. The molecule has 0 unspecified atom stereocenters. The summed E-state index contributed by atoms with van der Waals surface area (Å²) in [4.78, 5) is 17.4. The Bertz CT molecular complexity index is 991. The monoisotopic (exact) mass is 398 g/mol. The van der Waals surface area contributed by atoms with Crippen LogP contribution in [0.5, 0.6) is 5.75 Å². The summed E-state index contributed by atoms with van der Waals surface area (Å²) in [6, 6.07) is 9.77. The smallest absolute Gasteiger partial charge is 0.275 e. The molecule has 2 heterocycles. The molecule has 1 aliphatic rings. The molecule has 0 amide bonds. The van der Waals surface area contributed by atoms with E-state index in [0.29, 0.717) is 22.7 Å². The molecule has 3 aromatic rings. The summed E-state index contributed by atoms with van der Waals surface area (Å²) in [6.45, 7) is 2.70. The molecule has 0 radical (unpaired) electrons. The quantitative estimate of drug-likeness (QED) is 0.638. The molecule has 28 heavy (non-hydrogen) atoms. The molecule has 6 nitrogen and oxygen atoms in total. The van der Waals surface area contributed by atoms with Crippen molar-refractivity contribution in [3.05, 3.63) is 51.9 Å². The van der Waals surface area contributed by atoms with Crippen LogP contribution in [0.25, 0.3) is 4.96 Å². The Balaban J connectivity index is 1.43. The normalized spacial score (nSPS) is 15.0. The summed E-state index contributed by atoms with van der Waals surface area (Å²) in [6.07, 6.45) is 8.26. The third-order valence-electron chi connectivity index (χ3n) is 5.00. The van der Waals surface area contributed by atoms with E-state index in [2.05, 4.69) is 34.5 Å². The van der Waals surface area contributed by atoms with Gasteiger partial charge in [-0.15, -0.1) is 5.10 Å². The number of hydrogen-bond acceptors (Lipinski definition) is 6. The number of hydrogen-bond donors (Lipinski definition) is 1. The van der Waals surface area contributed by atoms with Crippen LogP contribution >= 0.6 is 11.3 Å². The SMILES string of the molecule is CCCc1cc(=O)n2nc(NCc3cccc(OC4CCCCC4)c3)sc2n1. The topological polar surface area (TPSA) is 68.5 Å². The molecule has 0 aliphatic heterocycles. The van der Waals surface area contributed by atoms with Gasteiger partial charge in [0.1, 0.15) is 5.75 Å². The van der Waals surface area contributed by atoms with E-state index in [1.54, 1.807) is 6.07 Å². The number of aryl methyl sites for hydroxylation is 1. The highest BCUT2D eigenvalue weighted by atomic mass is 32.1. The second kappa shape index (κ2) is 8.73. The zero-order chi connectivity index (χ0) is 19.3. The molecular weight excluding hydrogens is 372 g/mol. The van der Waals surface area contributed by atoms with Gasteiger partial charge in [-0.25, -0.2) is 4.98 Å². The van der Waals surface area contributed by atoms with Gasteiger partial charge in [-0.2, -0.15) is 4.52 Å². The van der Waals surface area contributed by atoms with E-state index in [4.69, 9.17) is 4.74 Å². The standard InChI is InChI=1S/C21H26N4O2S/c1-2-7-16-13-19(26)25-21(23-16)28-20(24-25)22-14-15-8-6-11-18(12-15)27-17-9-4-3-5-10-17/h6,8,11-13,17H,2-5,7,9-10,14H2,1H3,(H,22,24). The molecule has 1 aliphatic carbocycles. The largest absolute Gasteiger partial charge is 0.490 e. The lowest BCUT2D eigenvalue weighted by Gasteiger charge is -2.23. The molecule has 1 N–H and O–H groups in total. The van der Waals surface area contributed by atoms with Crippen molar-refractivity contribution in [1.29, 1.82) is 0 Å². The second-order valence-electron chi connectivity index (χ2n) is 7.32. The van der Waals surface area contributed by atoms with Crippen LogP contribution in [0.1, 0.15) is 56.7 Å². The van der Waals surface area contributed by atoms with Crippen LogP contribution in [0.15, 0.2) is 35.1 Å². The molecule has 7 heteroatoms. The van der Waals surface area contributed by atoms with Crippen molar-refractivity contribution in [2.24, 2.45) is 0 Å². The molecular formula is C21H26N4O2S. The van der Waals surface area contributed by atoms with Crippen LogP contribution in [0.2, 0.25) is 0 Å². The summed E-state index contributed by atoms with van der Waals surface area (Å²) < 4.78 is 7.52. The highest BCUT2D eigenvalue weighted by Crippen LogP contribution is 2.24. The predicted octanol–water partition coefficient (Wildman–Crippen LogP) is 4.43. The van der Waals surface area contributed by atoms with Gasteiger partial charge in [0.05, 0.1) is 6.10 Å². The Kier molecular flexibility index (Phi) is 5.90. The van der Waals surface area contributed by atoms with Crippen LogP contribution in [0.4, 0.5) is 5.13 Å². The van der Waals surface area contributed by atoms with E-state index in [1.807, 2.05) is 12.1 Å². The van der Waals surface area contributed by atoms with Gasteiger partial charge in [0.2, 0.25) is 10.1 Å². The molecule has 4 rings (SSSR count). The molecule has 2 aromatic heterocycles. The van der Waals surface area contributed by atoms with Crippen molar-refractivity contribution < 1.29 is 4.74 Å². The summed E-state index contributed by atoms with van der Waals surface area (Å²) in [7, 11) is 0. The van der Waals surface area contributed by atoms with Crippen molar-refractivity contribution in [2.75, 3.05) is 5.32 Å². The lowest BCUT2D eigenvalue weighted by molar-refractivity contribution is 0.155. The first-order chi connectivity index (χ1) is 13.7. The minimum atomic E-state index is -0.124. The van der Waals surface area contributed by atoms with Gasteiger partial charge in [-0.3, -0.25) is 4.79 Å². The van der Waals surface area contributed by atoms with Gasteiger partial charge in [0.15, 0.2) is 0 Å². The van der Waals surface area contributed by atoms with Crippen LogP contribution in [0, 0.1) is 0 Å². The maximum atomic E-state index is 12.2. The number of benzene rings is 1. The Morgan fingerprint density at radius 1 is 1.25 bits per heavy atom. The Morgan fingerprint density at radius 2 is 2.11 bits per heavy atom. The average molecular weight is 399 g/mol. The lowest BCUT2D eigenvalue weighted by Crippen LogP contribution is -2.19. The van der Waals surface area contributed by atoms with Gasteiger partial charge < -0.3 is 10.1 Å². The number of rotatable bonds is 7. The van der Waals surface area contributed by atoms with E-state index in [9.17, 15) is 4.79 Å². The fourth-order valence-electron chi connectivity index (χ4n) is 3.59. The first-order valence-corrected chi connectivity index (χ1v) is 10.9. The molecule has 1 fully saturated rings. The first kappa shape index (κ1) is 18.9. The molecule has 0 saturated heterocycles. The zero-order valence-corrected chi connectivity index (χ0v) is 17.0. The molecule has 0 spiro atoms. The summed E-state index contributed by atoms with van der Waals surface area (Å²) in [5.41, 5.74) is 1.83. The van der Waals surface area contributed by atoms with E-state index in [-0.39, 0.29) is 5.56 Å². The Morgan fingerprint density at radius 3 is 2.93 bits per heavy atom. The minimum Gasteiger partial charge on any atom is -0.490 e. The highest BCUT2D eigenvalue weighted by Gasteiger charge is 2.15. The number of fused-ring (bicyclic) bond motifs is 1. The summed E-state index contributed by atoms with van der Waals surface area (Å²) >= 11 is 1.40. The molecule has 0 bridgehead atoms. The molecule has 148 valence electrons. The number of anilines is 1. The number of aromatic nitrogens is 3. The summed E-state index contributed by atoms with van der Waals surface area (Å²) in [5.74, 6) is 0.928.